The minimum Gasteiger partial charge on any atom is -0.466 e. The maximum atomic E-state index is 11.6. The zero-order chi connectivity index (χ0) is 28.2. The van der Waals surface area contributed by atoms with E-state index in [1.54, 1.807) is 0 Å². The van der Waals surface area contributed by atoms with E-state index in [1.807, 2.05) is 82.2 Å². The Morgan fingerprint density at radius 1 is 1.03 bits per heavy atom. The monoisotopic (exact) mass is 514 g/mol. The van der Waals surface area contributed by atoms with Gasteiger partial charge in [0.25, 0.3) is 0 Å². The summed E-state index contributed by atoms with van der Waals surface area (Å²) in [4.78, 5) is 17.6. The first-order chi connectivity index (χ1) is 17.3. The third kappa shape index (κ3) is 12.6. The highest BCUT2D eigenvalue weighted by Crippen LogP contribution is 2.37. The standard InChI is InChI=1S/C21H28N2O2.C9H22N2O/c1-4-25-21(24)13-16-5-7-17(8-6-16)18-9-11-19(12-10-18)20(14-22)15-23(2)3;1-9(2,3)12-8(10(4)5)11(6)7/h9-12,15-17H,4-8,13H2,1-3H3;8H,1-7H3/b20-15+;. The maximum Gasteiger partial charge on any atom is 0.306 e. The van der Waals surface area contributed by atoms with Crippen LogP contribution in [0.1, 0.15) is 76.8 Å². The third-order valence-electron chi connectivity index (χ3n) is 6.15. The zero-order valence-electron chi connectivity index (χ0n) is 24.9. The number of rotatable bonds is 9. The third-order valence-corrected chi connectivity index (χ3v) is 6.15. The lowest BCUT2D eigenvalue weighted by molar-refractivity contribution is -0.178. The van der Waals surface area contributed by atoms with Crippen molar-refractivity contribution in [3.05, 3.63) is 41.6 Å². The van der Waals surface area contributed by atoms with Crippen LogP contribution in [0.5, 0.6) is 0 Å². The van der Waals surface area contributed by atoms with Gasteiger partial charge in [0.1, 0.15) is 6.07 Å². The van der Waals surface area contributed by atoms with Crippen molar-refractivity contribution < 1.29 is 14.3 Å². The van der Waals surface area contributed by atoms with Crippen LogP contribution in [-0.4, -0.2) is 81.5 Å². The summed E-state index contributed by atoms with van der Waals surface area (Å²) in [6, 6.07) is 10.6. The molecule has 0 atom stereocenters. The van der Waals surface area contributed by atoms with E-state index in [-0.39, 0.29) is 17.9 Å². The Balaban J connectivity index is 0.000000482. The highest BCUT2D eigenvalue weighted by molar-refractivity contribution is 5.76. The summed E-state index contributed by atoms with van der Waals surface area (Å²) in [7, 11) is 11.9. The smallest absolute Gasteiger partial charge is 0.306 e. The van der Waals surface area contributed by atoms with Crippen LogP contribution < -0.4 is 0 Å². The van der Waals surface area contributed by atoms with Crippen molar-refractivity contribution >= 4 is 11.5 Å². The van der Waals surface area contributed by atoms with Gasteiger partial charge < -0.3 is 14.4 Å². The van der Waals surface area contributed by atoms with E-state index in [9.17, 15) is 10.1 Å². The largest absolute Gasteiger partial charge is 0.466 e. The molecule has 0 radical (unpaired) electrons. The SMILES string of the molecule is CCOC(=O)CC1CCC(c2ccc(/C(C#N)=C/N(C)C)cc2)CC1.CN(C)C(OC(C)(C)C)N(C)C. The molecule has 0 spiro atoms. The molecule has 1 saturated carbocycles. The van der Waals surface area contributed by atoms with Crippen molar-refractivity contribution in [2.24, 2.45) is 5.92 Å². The van der Waals surface area contributed by atoms with Crippen LogP contribution in [0.3, 0.4) is 0 Å². The van der Waals surface area contributed by atoms with Gasteiger partial charge in [-0.15, -0.1) is 0 Å². The molecule has 0 aromatic heterocycles. The summed E-state index contributed by atoms with van der Waals surface area (Å²) in [5.74, 6) is 0.950. The number of hydrogen-bond donors (Lipinski definition) is 0. The molecule has 208 valence electrons. The average molecular weight is 515 g/mol. The van der Waals surface area contributed by atoms with E-state index >= 15 is 0 Å². The molecule has 7 heteroatoms. The van der Waals surface area contributed by atoms with Crippen LogP contribution in [0.15, 0.2) is 30.5 Å². The lowest BCUT2D eigenvalue weighted by Gasteiger charge is -2.35. The predicted octanol–water partition coefficient (Wildman–Crippen LogP) is 5.55. The van der Waals surface area contributed by atoms with Crippen molar-refractivity contribution in [3.8, 4) is 6.07 Å². The molecule has 7 nitrogen and oxygen atoms in total. The molecule has 1 aliphatic carbocycles. The molecular formula is C30H50N4O3. The van der Waals surface area contributed by atoms with Crippen LogP contribution >= 0.6 is 0 Å². The molecule has 0 heterocycles. The lowest BCUT2D eigenvalue weighted by atomic mass is 9.77. The molecule has 37 heavy (non-hydrogen) atoms. The molecule has 1 aromatic rings. The van der Waals surface area contributed by atoms with Crippen molar-refractivity contribution in [3.63, 3.8) is 0 Å². The highest BCUT2D eigenvalue weighted by atomic mass is 16.5. The second-order valence-electron chi connectivity index (χ2n) is 11.5. The van der Waals surface area contributed by atoms with Gasteiger partial charge in [-0.05, 0) is 105 Å². The lowest BCUT2D eigenvalue weighted by Crippen LogP contribution is -2.46. The minimum atomic E-state index is -0.0980. The second kappa shape index (κ2) is 15.8. The minimum absolute atomic E-state index is 0.0463. The molecule has 0 aliphatic heterocycles. The van der Waals surface area contributed by atoms with Crippen LogP contribution in [0, 0.1) is 17.2 Å². The summed E-state index contributed by atoms with van der Waals surface area (Å²) in [5.41, 5.74) is 2.87. The summed E-state index contributed by atoms with van der Waals surface area (Å²) >= 11 is 0. The summed E-state index contributed by atoms with van der Waals surface area (Å²) in [6.45, 7) is 8.50. The Morgan fingerprint density at radius 2 is 1.57 bits per heavy atom. The fraction of sp³-hybridized carbons (Fsp3) is 0.667. The Hall–Kier alpha value is -2.40. The van der Waals surface area contributed by atoms with E-state index in [0.717, 1.165) is 31.2 Å². The van der Waals surface area contributed by atoms with Crippen molar-refractivity contribution in [1.82, 2.24) is 14.7 Å². The first-order valence-corrected chi connectivity index (χ1v) is 13.3. The molecule has 1 aromatic carbocycles. The number of nitriles is 1. The molecule has 0 amide bonds. The van der Waals surface area contributed by atoms with Gasteiger partial charge in [-0.2, -0.15) is 5.26 Å². The zero-order valence-corrected chi connectivity index (χ0v) is 24.9. The van der Waals surface area contributed by atoms with Gasteiger partial charge in [-0.1, -0.05) is 24.3 Å². The second-order valence-corrected chi connectivity index (χ2v) is 11.5. The number of allylic oxidation sites excluding steroid dienone is 1. The number of nitrogens with zero attached hydrogens (tertiary/aromatic N) is 4. The summed E-state index contributed by atoms with van der Waals surface area (Å²) in [5, 5.41) is 9.30. The van der Waals surface area contributed by atoms with Crippen molar-refractivity contribution in [2.75, 3.05) is 48.9 Å². The number of benzene rings is 1. The fourth-order valence-corrected chi connectivity index (χ4v) is 4.51. The predicted molar refractivity (Wildman–Crippen MR) is 152 cm³/mol. The van der Waals surface area contributed by atoms with Gasteiger partial charge in [0.15, 0.2) is 6.35 Å². The number of carbonyl (C=O) groups is 1. The number of esters is 1. The fourth-order valence-electron chi connectivity index (χ4n) is 4.51. The van der Waals surface area contributed by atoms with Gasteiger partial charge >= 0.3 is 5.97 Å². The molecule has 0 unspecified atom stereocenters. The number of ether oxygens (including phenoxy) is 2. The Labute approximate surface area is 226 Å². The average Bonchev–Trinajstić information content (AvgIpc) is 2.81. The van der Waals surface area contributed by atoms with Gasteiger partial charge in [0.05, 0.1) is 17.8 Å². The van der Waals surface area contributed by atoms with Crippen LogP contribution in [-0.2, 0) is 14.3 Å². The van der Waals surface area contributed by atoms with Crippen LogP contribution in [0.2, 0.25) is 0 Å². The molecular weight excluding hydrogens is 464 g/mol. The molecule has 1 fully saturated rings. The molecule has 2 rings (SSSR count). The molecule has 0 saturated heterocycles. The van der Waals surface area contributed by atoms with Gasteiger partial charge in [0, 0.05) is 26.7 Å². The number of carbonyl (C=O) groups excluding carboxylic acids is 1. The van der Waals surface area contributed by atoms with Gasteiger partial charge in [0.2, 0.25) is 0 Å². The van der Waals surface area contributed by atoms with E-state index in [2.05, 4.69) is 39.0 Å². The van der Waals surface area contributed by atoms with Gasteiger partial charge in [-0.25, -0.2) is 0 Å². The molecule has 1 aliphatic rings. The Bertz CT molecular complexity index is 864. The molecule has 0 bridgehead atoms. The van der Waals surface area contributed by atoms with Gasteiger partial charge in [-0.3, -0.25) is 14.6 Å². The maximum absolute atomic E-state index is 11.6. The van der Waals surface area contributed by atoms with Crippen molar-refractivity contribution in [2.45, 2.75) is 77.7 Å². The molecule has 0 N–H and O–H groups in total. The first-order valence-electron chi connectivity index (χ1n) is 13.3. The first kappa shape index (κ1) is 32.6. The number of hydrogen-bond acceptors (Lipinski definition) is 7. The summed E-state index contributed by atoms with van der Waals surface area (Å²) < 4.78 is 10.9. The summed E-state index contributed by atoms with van der Waals surface area (Å²) in [6.07, 6.45) is 6.83. The van der Waals surface area contributed by atoms with Crippen LogP contribution in [0.4, 0.5) is 0 Å². The topological polar surface area (TPSA) is 69.0 Å². The highest BCUT2D eigenvalue weighted by Gasteiger charge is 2.25. The van der Waals surface area contributed by atoms with Crippen LogP contribution in [0.25, 0.3) is 5.57 Å². The van der Waals surface area contributed by atoms with Crippen molar-refractivity contribution in [1.29, 1.82) is 5.26 Å². The van der Waals surface area contributed by atoms with E-state index in [4.69, 9.17) is 9.47 Å². The Kier molecular flexibility index (Phi) is 13.9. The van der Waals surface area contributed by atoms with E-state index < -0.39 is 0 Å². The quantitative estimate of drug-likeness (QED) is 0.243. The van der Waals surface area contributed by atoms with E-state index in [0.29, 0.717) is 30.4 Å². The Morgan fingerprint density at radius 3 is 1.95 bits per heavy atom. The normalized spacial score (nSPS) is 18.3. The van der Waals surface area contributed by atoms with E-state index in [1.165, 1.54) is 5.56 Å².